The zero-order valence-corrected chi connectivity index (χ0v) is 11.7. The third kappa shape index (κ3) is 4.04. The minimum absolute atomic E-state index is 0.176. The molecule has 0 radical (unpaired) electrons. The van der Waals surface area contributed by atoms with Crippen LogP contribution in [0.4, 0.5) is 5.69 Å². The van der Waals surface area contributed by atoms with Gasteiger partial charge in [0.25, 0.3) is 5.69 Å². The molecule has 0 N–H and O–H groups in total. The molecular formula is C13H17NO2Si. The van der Waals surface area contributed by atoms with Crippen molar-refractivity contribution >= 4 is 13.8 Å². The van der Waals surface area contributed by atoms with Crippen molar-refractivity contribution in [2.75, 3.05) is 0 Å². The second kappa shape index (κ2) is 5.15. The van der Waals surface area contributed by atoms with Crippen LogP contribution in [-0.4, -0.2) is 13.0 Å². The van der Waals surface area contributed by atoms with E-state index in [0.29, 0.717) is 6.42 Å². The quantitative estimate of drug-likeness (QED) is 0.348. The van der Waals surface area contributed by atoms with E-state index in [1.54, 1.807) is 12.1 Å². The molecule has 0 unspecified atom stereocenters. The van der Waals surface area contributed by atoms with Gasteiger partial charge in [0.2, 0.25) is 0 Å². The molecule has 0 aliphatic carbocycles. The van der Waals surface area contributed by atoms with Gasteiger partial charge in [0.15, 0.2) is 0 Å². The molecule has 90 valence electrons. The van der Waals surface area contributed by atoms with Gasteiger partial charge in [0.05, 0.1) is 4.92 Å². The van der Waals surface area contributed by atoms with Crippen molar-refractivity contribution in [2.45, 2.75) is 33.0 Å². The maximum absolute atomic E-state index is 10.9. The summed E-state index contributed by atoms with van der Waals surface area (Å²) in [4.78, 5) is 10.6. The molecule has 0 fully saturated rings. The van der Waals surface area contributed by atoms with Gasteiger partial charge >= 0.3 is 0 Å². The first kappa shape index (κ1) is 13.5. The van der Waals surface area contributed by atoms with Crippen molar-refractivity contribution < 1.29 is 4.92 Å². The van der Waals surface area contributed by atoms with Crippen LogP contribution >= 0.6 is 0 Å². The second-order valence-electron chi connectivity index (χ2n) is 4.95. The zero-order chi connectivity index (χ0) is 13.1. The highest BCUT2D eigenvalue weighted by Crippen LogP contribution is 2.20. The molecule has 1 rings (SSSR count). The lowest BCUT2D eigenvalue weighted by Crippen LogP contribution is -2.16. The predicted molar refractivity (Wildman–Crippen MR) is 72.7 cm³/mol. The molecule has 1 aromatic carbocycles. The summed E-state index contributed by atoms with van der Waals surface area (Å²) in [6.07, 6.45) is 0.665. The maximum atomic E-state index is 10.9. The summed E-state index contributed by atoms with van der Waals surface area (Å²) < 4.78 is 0. The van der Waals surface area contributed by atoms with Gasteiger partial charge in [-0.25, -0.2) is 0 Å². The van der Waals surface area contributed by atoms with Crippen molar-refractivity contribution in [3.8, 4) is 11.5 Å². The van der Waals surface area contributed by atoms with E-state index in [1.807, 2.05) is 13.0 Å². The van der Waals surface area contributed by atoms with Crippen LogP contribution in [0.1, 0.15) is 18.1 Å². The molecule has 0 aliphatic heterocycles. The third-order valence-electron chi connectivity index (χ3n) is 2.24. The Morgan fingerprint density at radius 1 is 1.35 bits per heavy atom. The number of nitrogens with zero attached hydrogens (tertiary/aromatic N) is 1. The van der Waals surface area contributed by atoms with E-state index in [4.69, 9.17) is 0 Å². The lowest BCUT2D eigenvalue weighted by molar-refractivity contribution is -0.385. The summed E-state index contributed by atoms with van der Waals surface area (Å²) in [6.45, 7) is 8.36. The lowest BCUT2D eigenvalue weighted by Gasteiger charge is -2.04. The van der Waals surface area contributed by atoms with E-state index in [1.165, 1.54) is 0 Å². The molecule has 0 heterocycles. The van der Waals surface area contributed by atoms with Crippen LogP contribution in [-0.2, 0) is 6.42 Å². The van der Waals surface area contributed by atoms with Crippen LogP contribution in [0.3, 0.4) is 0 Å². The highest BCUT2D eigenvalue weighted by molar-refractivity contribution is 6.83. The summed E-state index contributed by atoms with van der Waals surface area (Å²) in [5, 5.41) is 10.9. The highest BCUT2D eigenvalue weighted by atomic mass is 28.3. The van der Waals surface area contributed by atoms with E-state index >= 15 is 0 Å². The summed E-state index contributed by atoms with van der Waals surface area (Å²) >= 11 is 0. The van der Waals surface area contributed by atoms with Crippen LogP contribution in [0.5, 0.6) is 0 Å². The van der Waals surface area contributed by atoms with E-state index in [2.05, 4.69) is 31.1 Å². The Hall–Kier alpha value is -1.60. The van der Waals surface area contributed by atoms with Crippen LogP contribution in [0.2, 0.25) is 19.6 Å². The normalized spacial score (nSPS) is 10.6. The van der Waals surface area contributed by atoms with Gasteiger partial charge in [-0.2, -0.15) is 0 Å². The Bertz CT molecular complexity index is 492. The molecular weight excluding hydrogens is 230 g/mol. The molecule has 0 aromatic heterocycles. The van der Waals surface area contributed by atoms with Crippen LogP contribution < -0.4 is 0 Å². The van der Waals surface area contributed by atoms with Gasteiger partial charge in [-0.05, 0) is 12.5 Å². The first-order valence-electron chi connectivity index (χ1n) is 5.64. The molecule has 0 spiro atoms. The van der Waals surface area contributed by atoms with Crippen molar-refractivity contribution in [1.82, 2.24) is 0 Å². The van der Waals surface area contributed by atoms with Gasteiger partial charge in [-0.1, -0.05) is 38.6 Å². The van der Waals surface area contributed by atoms with Crippen molar-refractivity contribution in [3.05, 3.63) is 39.4 Å². The summed E-state index contributed by atoms with van der Waals surface area (Å²) in [7, 11) is -1.44. The van der Waals surface area contributed by atoms with E-state index in [0.717, 1.165) is 11.1 Å². The first-order chi connectivity index (χ1) is 7.83. The molecule has 0 atom stereocenters. The van der Waals surface area contributed by atoms with E-state index < -0.39 is 8.07 Å². The molecule has 0 amide bonds. The fourth-order valence-electron chi connectivity index (χ4n) is 1.37. The topological polar surface area (TPSA) is 43.1 Å². The predicted octanol–water partition coefficient (Wildman–Crippen LogP) is 3.39. The summed E-state index contributed by atoms with van der Waals surface area (Å²) in [6, 6.07) is 5.23. The van der Waals surface area contributed by atoms with Gasteiger partial charge in [-0.15, -0.1) is 5.54 Å². The van der Waals surface area contributed by atoms with E-state index in [9.17, 15) is 10.1 Å². The Morgan fingerprint density at radius 2 is 2.00 bits per heavy atom. The smallest absolute Gasteiger partial charge is 0.258 e. The SMILES string of the molecule is CCc1ccc(C#C[Si](C)(C)C)cc1[N+](=O)[O-]. The fourth-order valence-corrected chi connectivity index (χ4v) is 1.89. The Labute approximate surface area is 103 Å². The number of aryl methyl sites for hydroxylation is 1. The van der Waals surface area contributed by atoms with Gasteiger partial charge in [0.1, 0.15) is 8.07 Å². The molecule has 1 aromatic rings. The molecule has 17 heavy (non-hydrogen) atoms. The minimum atomic E-state index is -1.44. The van der Waals surface area contributed by atoms with Crippen LogP contribution in [0, 0.1) is 21.6 Å². The van der Waals surface area contributed by atoms with Gasteiger partial charge in [0, 0.05) is 17.2 Å². The summed E-state index contributed by atoms with van der Waals surface area (Å²) in [5.74, 6) is 3.04. The third-order valence-corrected chi connectivity index (χ3v) is 3.12. The number of nitro benzene ring substituents is 1. The minimum Gasteiger partial charge on any atom is -0.258 e. The average Bonchev–Trinajstić information content (AvgIpc) is 2.25. The monoisotopic (exact) mass is 247 g/mol. The molecule has 4 heteroatoms. The maximum Gasteiger partial charge on any atom is 0.273 e. The largest absolute Gasteiger partial charge is 0.273 e. The molecule has 3 nitrogen and oxygen atoms in total. The molecule has 0 saturated carbocycles. The highest BCUT2D eigenvalue weighted by Gasteiger charge is 2.13. The Balaban J connectivity index is 3.16. The van der Waals surface area contributed by atoms with Crippen molar-refractivity contribution in [2.24, 2.45) is 0 Å². The Kier molecular flexibility index (Phi) is 4.08. The van der Waals surface area contributed by atoms with Crippen LogP contribution in [0.15, 0.2) is 18.2 Å². The molecule has 0 aliphatic rings. The second-order valence-corrected chi connectivity index (χ2v) is 9.70. The van der Waals surface area contributed by atoms with Crippen LogP contribution in [0.25, 0.3) is 0 Å². The number of hydrogen-bond donors (Lipinski definition) is 0. The average molecular weight is 247 g/mol. The van der Waals surface area contributed by atoms with Gasteiger partial charge < -0.3 is 0 Å². The number of rotatable bonds is 2. The first-order valence-corrected chi connectivity index (χ1v) is 9.14. The number of benzene rings is 1. The number of hydrogen-bond acceptors (Lipinski definition) is 2. The zero-order valence-electron chi connectivity index (χ0n) is 10.7. The Morgan fingerprint density at radius 3 is 2.47 bits per heavy atom. The lowest BCUT2D eigenvalue weighted by atomic mass is 10.1. The standard InChI is InChI=1S/C13H17NO2Si/c1-5-12-7-6-11(8-9-17(2,3)4)10-13(12)14(15)16/h6-7,10H,5H2,1-4H3. The van der Waals surface area contributed by atoms with E-state index in [-0.39, 0.29) is 10.6 Å². The molecule has 0 saturated heterocycles. The van der Waals surface area contributed by atoms with Crippen molar-refractivity contribution in [1.29, 1.82) is 0 Å². The van der Waals surface area contributed by atoms with Gasteiger partial charge in [-0.3, -0.25) is 10.1 Å². The summed E-state index contributed by atoms with van der Waals surface area (Å²) in [5.41, 5.74) is 4.87. The number of nitro groups is 1. The molecule has 0 bridgehead atoms. The fraction of sp³-hybridized carbons (Fsp3) is 0.385. The van der Waals surface area contributed by atoms with Crippen molar-refractivity contribution in [3.63, 3.8) is 0 Å².